The molecule has 0 amide bonds. The Bertz CT molecular complexity index is 772. The molecular weight excluding hydrogens is 290 g/mol. The van der Waals surface area contributed by atoms with Gasteiger partial charge >= 0.3 is 0 Å². The number of rotatable bonds is 5. The second-order valence-corrected chi connectivity index (χ2v) is 5.73. The maximum absolute atomic E-state index is 5.96. The van der Waals surface area contributed by atoms with Crippen molar-refractivity contribution in [2.75, 3.05) is 5.32 Å². The Kier molecular flexibility index (Phi) is 4.45. The molecule has 0 heterocycles. The molecule has 22 heavy (non-hydrogen) atoms. The van der Waals surface area contributed by atoms with Crippen molar-refractivity contribution in [3.05, 3.63) is 90.0 Å². The van der Waals surface area contributed by atoms with Gasteiger partial charge in [0.2, 0.25) is 0 Å². The van der Waals surface area contributed by atoms with Gasteiger partial charge in [0.25, 0.3) is 0 Å². The van der Waals surface area contributed by atoms with Crippen molar-refractivity contribution in [2.45, 2.75) is 12.5 Å². The number of fused-ring (bicyclic) bond motifs is 1. The predicted octanol–water partition coefficient (Wildman–Crippen LogP) is 6.22. The molecule has 1 unspecified atom stereocenters. The van der Waals surface area contributed by atoms with Crippen LogP contribution in [0.4, 0.5) is 5.69 Å². The first-order valence-corrected chi connectivity index (χ1v) is 7.76. The van der Waals surface area contributed by atoms with E-state index in [-0.39, 0.29) is 6.04 Å². The van der Waals surface area contributed by atoms with Gasteiger partial charge in [0.15, 0.2) is 0 Å². The minimum Gasteiger partial charge on any atom is -0.378 e. The first-order chi connectivity index (χ1) is 10.8. The molecule has 110 valence electrons. The lowest BCUT2D eigenvalue weighted by atomic mass is 9.96. The summed E-state index contributed by atoms with van der Waals surface area (Å²) in [5.74, 6) is 0. The van der Waals surface area contributed by atoms with E-state index in [4.69, 9.17) is 11.6 Å². The normalized spacial score (nSPS) is 12.0. The van der Waals surface area contributed by atoms with Crippen molar-refractivity contribution < 1.29 is 0 Å². The average Bonchev–Trinajstić information content (AvgIpc) is 2.56. The summed E-state index contributed by atoms with van der Waals surface area (Å²) in [6.45, 7) is 3.90. The lowest BCUT2D eigenvalue weighted by molar-refractivity contribution is 0.806. The Balaban J connectivity index is 1.99. The van der Waals surface area contributed by atoms with Crippen LogP contribution in [0.3, 0.4) is 0 Å². The summed E-state index contributed by atoms with van der Waals surface area (Å²) in [6, 6.07) is 22.9. The van der Waals surface area contributed by atoms with E-state index < -0.39 is 0 Å². The number of hydrogen-bond acceptors (Lipinski definition) is 1. The van der Waals surface area contributed by atoms with Gasteiger partial charge < -0.3 is 5.32 Å². The van der Waals surface area contributed by atoms with Gasteiger partial charge in [-0.2, -0.15) is 0 Å². The molecule has 0 aromatic heterocycles. The van der Waals surface area contributed by atoms with E-state index in [0.29, 0.717) is 0 Å². The molecule has 0 saturated heterocycles. The Hall–Kier alpha value is -2.25. The molecule has 3 aromatic rings. The van der Waals surface area contributed by atoms with E-state index in [9.17, 15) is 0 Å². The molecule has 0 radical (unpaired) electrons. The van der Waals surface area contributed by atoms with E-state index in [1.807, 2.05) is 30.3 Å². The van der Waals surface area contributed by atoms with Crippen molar-refractivity contribution in [3.63, 3.8) is 0 Å². The van der Waals surface area contributed by atoms with Gasteiger partial charge in [0.05, 0.1) is 6.04 Å². The van der Waals surface area contributed by atoms with Crippen LogP contribution in [0, 0.1) is 0 Å². The molecule has 0 saturated carbocycles. The van der Waals surface area contributed by atoms with Crippen molar-refractivity contribution >= 4 is 28.1 Å². The summed E-state index contributed by atoms with van der Waals surface area (Å²) in [5, 5.41) is 6.86. The van der Waals surface area contributed by atoms with E-state index in [0.717, 1.165) is 17.1 Å². The lowest BCUT2D eigenvalue weighted by Crippen LogP contribution is -2.10. The Morgan fingerprint density at radius 3 is 2.45 bits per heavy atom. The molecule has 0 aliphatic carbocycles. The molecule has 1 N–H and O–H groups in total. The van der Waals surface area contributed by atoms with Gasteiger partial charge in [-0.25, -0.2) is 0 Å². The van der Waals surface area contributed by atoms with Crippen LogP contribution in [0.1, 0.15) is 18.0 Å². The number of anilines is 1. The fourth-order valence-corrected chi connectivity index (χ4v) is 2.86. The van der Waals surface area contributed by atoms with Gasteiger partial charge in [-0.15, -0.1) is 6.58 Å². The molecule has 0 spiro atoms. The minimum absolute atomic E-state index is 0.185. The molecule has 0 fully saturated rings. The summed E-state index contributed by atoms with van der Waals surface area (Å²) in [7, 11) is 0. The fraction of sp³-hybridized carbons (Fsp3) is 0.100. The van der Waals surface area contributed by atoms with Crippen LogP contribution >= 0.6 is 11.6 Å². The zero-order chi connectivity index (χ0) is 15.4. The summed E-state index contributed by atoms with van der Waals surface area (Å²) < 4.78 is 0. The molecular formula is C20H18ClN. The van der Waals surface area contributed by atoms with Gasteiger partial charge in [0, 0.05) is 10.7 Å². The number of hydrogen-bond donors (Lipinski definition) is 1. The Morgan fingerprint density at radius 2 is 1.68 bits per heavy atom. The number of nitrogens with one attached hydrogen (secondary N) is 1. The van der Waals surface area contributed by atoms with Crippen LogP contribution < -0.4 is 5.32 Å². The summed E-state index contributed by atoms with van der Waals surface area (Å²) in [6.07, 6.45) is 2.81. The van der Waals surface area contributed by atoms with E-state index in [2.05, 4.69) is 54.4 Å². The second kappa shape index (κ2) is 6.67. The topological polar surface area (TPSA) is 12.0 Å². The minimum atomic E-state index is 0.185. The van der Waals surface area contributed by atoms with Crippen molar-refractivity contribution in [1.82, 2.24) is 0 Å². The molecule has 1 atom stereocenters. The molecule has 3 aromatic carbocycles. The van der Waals surface area contributed by atoms with Gasteiger partial charge in [-0.3, -0.25) is 0 Å². The van der Waals surface area contributed by atoms with Crippen LogP contribution in [0.2, 0.25) is 5.02 Å². The first kappa shape index (κ1) is 14.7. The summed E-state index contributed by atoms with van der Waals surface area (Å²) >= 11 is 5.96. The third-order valence-electron chi connectivity index (χ3n) is 3.79. The average molecular weight is 308 g/mol. The van der Waals surface area contributed by atoms with Crippen LogP contribution in [0.25, 0.3) is 10.8 Å². The van der Waals surface area contributed by atoms with Crippen LogP contribution in [-0.2, 0) is 0 Å². The molecule has 3 rings (SSSR count). The highest BCUT2D eigenvalue weighted by Gasteiger charge is 2.12. The number of benzene rings is 3. The SMILES string of the molecule is C=CCC(Nc1ccc(Cl)cc1)c1cccc2ccccc12. The highest BCUT2D eigenvalue weighted by Crippen LogP contribution is 2.29. The Morgan fingerprint density at radius 1 is 0.955 bits per heavy atom. The van der Waals surface area contributed by atoms with Gasteiger partial charge in [0.1, 0.15) is 0 Å². The smallest absolute Gasteiger partial charge is 0.0554 e. The quantitative estimate of drug-likeness (QED) is 0.551. The highest BCUT2D eigenvalue weighted by molar-refractivity contribution is 6.30. The third-order valence-corrected chi connectivity index (χ3v) is 4.04. The van der Waals surface area contributed by atoms with E-state index >= 15 is 0 Å². The molecule has 1 nitrogen and oxygen atoms in total. The van der Waals surface area contributed by atoms with Gasteiger partial charge in [-0.05, 0) is 47.0 Å². The molecule has 0 aliphatic rings. The lowest BCUT2D eigenvalue weighted by Gasteiger charge is -2.21. The van der Waals surface area contributed by atoms with Crippen LogP contribution in [0.5, 0.6) is 0 Å². The summed E-state index contributed by atoms with van der Waals surface area (Å²) in [5.41, 5.74) is 2.34. The molecule has 2 heteroatoms. The summed E-state index contributed by atoms with van der Waals surface area (Å²) in [4.78, 5) is 0. The standard InChI is InChI=1S/C20H18ClN/c1-2-6-20(22-17-13-11-16(21)12-14-17)19-10-5-8-15-7-3-4-9-18(15)19/h2-5,7-14,20,22H,1,6H2. The highest BCUT2D eigenvalue weighted by atomic mass is 35.5. The third kappa shape index (κ3) is 3.15. The van der Waals surface area contributed by atoms with Crippen molar-refractivity contribution in [1.29, 1.82) is 0 Å². The fourth-order valence-electron chi connectivity index (χ4n) is 2.73. The largest absolute Gasteiger partial charge is 0.378 e. The van der Waals surface area contributed by atoms with Crippen molar-refractivity contribution in [2.24, 2.45) is 0 Å². The van der Waals surface area contributed by atoms with Crippen molar-refractivity contribution in [3.8, 4) is 0 Å². The second-order valence-electron chi connectivity index (χ2n) is 5.30. The zero-order valence-electron chi connectivity index (χ0n) is 12.3. The van der Waals surface area contributed by atoms with E-state index in [1.54, 1.807) is 0 Å². The van der Waals surface area contributed by atoms with Gasteiger partial charge in [-0.1, -0.05) is 60.1 Å². The number of halogens is 1. The molecule has 0 aliphatic heterocycles. The Labute approximate surface area is 136 Å². The predicted molar refractivity (Wildman–Crippen MR) is 96.6 cm³/mol. The molecule has 0 bridgehead atoms. The maximum atomic E-state index is 5.96. The van der Waals surface area contributed by atoms with Crippen LogP contribution in [0.15, 0.2) is 79.4 Å². The monoisotopic (exact) mass is 307 g/mol. The van der Waals surface area contributed by atoms with E-state index in [1.165, 1.54) is 16.3 Å². The zero-order valence-corrected chi connectivity index (χ0v) is 13.1. The first-order valence-electron chi connectivity index (χ1n) is 7.38. The maximum Gasteiger partial charge on any atom is 0.0554 e. The van der Waals surface area contributed by atoms with Crippen LogP contribution in [-0.4, -0.2) is 0 Å².